The molecule has 4 rings (SSSR count). The molecule has 0 radical (unpaired) electrons. The maximum absolute atomic E-state index is 13.5. The molecule has 1 heterocycles. The lowest BCUT2D eigenvalue weighted by Crippen LogP contribution is -2.35. The van der Waals surface area contributed by atoms with E-state index in [2.05, 4.69) is 24.3 Å². The number of benzene rings is 3. The van der Waals surface area contributed by atoms with E-state index in [4.69, 9.17) is 5.73 Å². The van der Waals surface area contributed by atoms with Crippen molar-refractivity contribution in [2.75, 3.05) is 4.90 Å². The Hall–Kier alpha value is -3.11. The van der Waals surface area contributed by atoms with E-state index < -0.39 is 6.04 Å². The molecule has 3 aromatic carbocycles. The molecule has 1 atom stereocenters. The molecule has 4 nitrogen and oxygen atoms in total. The fourth-order valence-electron chi connectivity index (χ4n) is 4.63. The maximum Gasteiger partial charge on any atom is 0.229 e. The van der Waals surface area contributed by atoms with Crippen molar-refractivity contribution in [3.05, 3.63) is 94.0 Å². The standard InChI is InChI=1S/C26H28N2O2/c1-17-13-22(29)14-18(2)26(17)23(27)15-25(30)28-16-21-9-4-3-7-19(21)11-12-20-8-5-6-10-24(20)28/h3-10,13-14,23,29H,11-12,15-16,27H2,1-2H3. The SMILES string of the molecule is Cc1cc(O)cc(C)c1C(N)CC(=O)N1Cc2ccccc2CCc2ccccc21. The van der Waals surface area contributed by atoms with Crippen LogP contribution in [0.25, 0.3) is 0 Å². The highest BCUT2D eigenvalue weighted by atomic mass is 16.3. The monoisotopic (exact) mass is 400 g/mol. The van der Waals surface area contributed by atoms with Crippen LogP contribution in [0.3, 0.4) is 0 Å². The number of carbonyl (C=O) groups is 1. The Balaban J connectivity index is 1.66. The quantitative estimate of drug-likeness (QED) is 0.668. The van der Waals surface area contributed by atoms with Crippen molar-refractivity contribution in [1.82, 2.24) is 0 Å². The molecule has 3 aromatic rings. The molecule has 1 unspecified atom stereocenters. The first-order valence-electron chi connectivity index (χ1n) is 10.4. The van der Waals surface area contributed by atoms with Crippen LogP contribution < -0.4 is 10.6 Å². The number of aromatic hydroxyl groups is 1. The van der Waals surface area contributed by atoms with Gasteiger partial charge in [-0.25, -0.2) is 0 Å². The summed E-state index contributed by atoms with van der Waals surface area (Å²) in [5, 5.41) is 9.83. The van der Waals surface area contributed by atoms with Crippen LogP contribution in [0.1, 0.15) is 45.8 Å². The molecule has 0 aliphatic carbocycles. The average Bonchev–Trinajstić information content (AvgIpc) is 2.68. The number of aryl methyl sites for hydroxylation is 4. The molecule has 1 aliphatic rings. The van der Waals surface area contributed by atoms with Gasteiger partial charge in [0, 0.05) is 18.2 Å². The number of rotatable bonds is 3. The van der Waals surface area contributed by atoms with E-state index in [0.29, 0.717) is 6.54 Å². The minimum absolute atomic E-state index is 0.0125. The number of nitrogens with zero attached hydrogens (tertiary/aromatic N) is 1. The molecule has 154 valence electrons. The normalized spacial score (nSPS) is 14.3. The molecule has 30 heavy (non-hydrogen) atoms. The Morgan fingerprint density at radius 1 is 0.967 bits per heavy atom. The molecule has 0 fully saturated rings. The Bertz CT molecular complexity index is 1070. The minimum Gasteiger partial charge on any atom is -0.508 e. The molecule has 4 heteroatoms. The molecule has 1 aliphatic heterocycles. The number of carbonyl (C=O) groups excluding carboxylic acids is 1. The van der Waals surface area contributed by atoms with Gasteiger partial charge in [-0.05, 0) is 78.3 Å². The van der Waals surface area contributed by atoms with Crippen LogP contribution in [0.5, 0.6) is 5.75 Å². The number of fused-ring (bicyclic) bond motifs is 2. The van der Waals surface area contributed by atoms with Crippen LogP contribution in [0.2, 0.25) is 0 Å². The Morgan fingerprint density at radius 2 is 1.53 bits per heavy atom. The number of phenols is 1. The average molecular weight is 401 g/mol. The predicted molar refractivity (Wildman–Crippen MR) is 121 cm³/mol. The third-order valence-electron chi connectivity index (χ3n) is 6.04. The summed E-state index contributed by atoms with van der Waals surface area (Å²) in [7, 11) is 0. The predicted octanol–water partition coefficient (Wildman–Crippen LogP) is 4.73. The van der Waals surface area contributed by atoms with Crippen LogP contribution in [-0.4, -0.2) is 11.0 Å². The van der Waals surface area contributed by atoms with Gasteiger partial charge in [-0.2, -0.15) is 0 Å². The summed E-state index contributed by atoms with van der Waals surface area (Å²) < 4.78 is 0. The van der Waals surface area contributed by atoms with Crippen molar-refractivity contribution in [1.29, 1.82) is 0 Å². The van der Waals surface area contributed by atoms with E-state index in [-0.39, 0.29) is 18.1 Å². The van der Waals surface area contributed by atoms with Gasteiger partial charge >= 0.3 is 0 Å². The Kier molecular flexibility index (Phi) is 5.60. The van der Waals surface area contributed by atoms with Gasteiger partial charge in [0.25, 0.3) is 0 Å². The van der Waals surface area contributed by atoms with E-state index in [1.165, 1.54) is 16.7 Å². The fraction of sp³-hybridized carbons (Fsp3) is 0.269. The number of amides is 1. The van der Waals surface area contributed by atoms with Gasteiger partial charge in [-0.1, -0.05) is 42.5 Å². The highest BCUT2D eigenvalue weighted by Crippen LogP contribution is 2.31. The lowest BCUT2D eigenvalue weighted by Gasteiger charge is -2.30. The number of hydrogen-bond acceptors (Lipinski definition) is 3. The van der Waals surface area contributed by atoms with Gasteiger partial charge in [-0.15, -0.1) is 0 Å². The lowest BCUT2D eigenvalue weighted by atomic mass is 9.92. The first-order valence-corrected chi connectivity index (χ1v) is 10.4. The highest BCUT2D eigenvalue weighted by molar-refractivity contribution is 5.94. The van der Waals surface area contributed by atoms with Crippen LogP contribution in [0.4, 0.5) is 5.69 Å². The third kappa shape index (κ3) is 3.96. The lowest BCUT2D eigenvalue weighted by molar-refractivity contribution is -0.119. The van der Waals surface area contributed by atoms with Gasteiger partial charge < -0.3 is 15.7 Å². The number of nitrogens with two attached hydrogens (primary N) is 1. The highest BCUT2D eigenvalue weighted by Gasteiger charge is 2.25. The van der Waals surface area contributed by atoms with Crippen LogP contribution >= 0.6 is 0 Å². The topological polar surface area (TPSA) is 66.6 Å². The van der Waals surface area contributed by atoms with Crippen molar-refractivity contribution in [3.8, 4) is 5.75 Å². The van der Waals surface area contributed by atoms with E-state index in [9.17, 15) is 9.90 Å². The van der Waals surface area contributed by atoms with Crippen molar-refractivity contribution >= 4 is 11.6 Å². The van der Waals surface area contributed by atoms with E-state index in [1.807, 2.05) is 43.0 Å². The summed E-state index contributed by atoms with van der Waals surface area (Å²) in [4.78, 5) is 15.4. The second kappa shape index (κ2) is 8.33. The molecular weight excluding hydrogens is 372 g/mol. The Morgan fingerprint density at radius 3 is 2.23 bits per heavy atom. The fourth-order valence-corrected chi connectivity index (χ4v) is 4.63. The number of hydrogen-bond donors (Lipinski definition) is 2. The summed E-state index contributed by atoms with van der Waals surface area (Å²) in [5.74, 6) is 0.236. The maximum atomic E-state index is 13.5. The first-order chi connectivity index (χ1) is 14.4. The van der Waals surface area contributed by atoms with Crippen molar-refractivity contribution in [2.24, 2.45) is 5.73 Å². The molecule has 0 spiro atoms. The van der Waals surface area contributed by atoms with Crippen LogP contribution in [-0.2, 0) is 24.2 Å². The van der Waals surface area contributed by atoms with Crippen LogP contribution in [0.15, 0.2) is 60.7 Å². The summed E-state index contributed by atoms with van der Waals surface area (Å²) in [6, 6.07) is 19.5. The smallest absolute Gasteiger partial charge is 0.229 e. The summed E-state index contributed by atoms with van der Waals surface area (Å²) in [6.07, 6.45) is 2.09. The molecule has 1 amide bonds. The molecule has 0 bridgehead atoms. The second-order valence-corrected chi connectivity index (χ2v) is 8.18. The Labute approximate surface area is 178 Å². The summed E-state index contributed by atoms with van der Waals surface area (Å²) >= 11 is 0. The van der Waals surface area contributed by atoms with E-state index in [0.717, 1.165) is 35.2 Å². The number of para-hydroxylation sites is 1. The zero-order valence-electron chi connectivity index (χ0n) is 17.6. The summed E-state index contributed by atoms with van der Waals surface area (Å²) in [5.41, 5.74) is 13.9. The van der Waals surface area contributed by atoms with Gasteiger partial charge in [-0.3, -0.25) is 4.79 Å². The molecule has 3 N–H and O–H groups in total. The minimum atomic E-state index is -0.425. The van der Waals surface area contributed by atoms with Gasteiger partial charge in [0.15, 0.2) is 0 Å². The summed E-state index contributed by atoms with van der Waals surface area (Å²) in [6.45, 7) is 4.40. The number of anilines is 1. The second-order valence-electron chi connectivity index (χ2n) is 8.18. The first kappa shape index (κ1) is 20.2. The zero-order chi connectivity index (χ0) is 21.3. The van der Waals surface area contributed by atoms with Crippen molar-refractivity contribution < 1.29 is 9.90 Å². The molecule has 0 aromatic heterocycles. The van der Waals surface area contributed by atoms with Gasteiger partial charge in [0.2, 0.25) is 5.91 Å². The largest absolute Gasteiger partial charge is 0.508 e. The molecular formula is C26H28N2O2. The van der Waals surface area contributed by atoms with Gasteiger partial charge in [0.1, 0.15) is 5.75 Å². The van der Waals surface area contributed by atoms with Crippen LogP contribution in [0, 0.1) is 13.8 Å². The molecule has 0 saturated heterocycles. The van der Waals surface area contributed by atoms with E-state index >= 15 is 0 Å². The van der Waals surface area contributed by atoms with Crippen molar-refractivity contribution in [2.45, 2.75) is 45.7 Å². The van der Waals surface area contributed by atoms with Crippen molar-refractivity contribution in [3.63, 3.8) is 0 Å². The zero-order valence-corrected chi connectivity index (χ0v) is 17.6. The van der Waals surface area contributed by atoms with E-state index in [1.54, 1.807) is 12.1 Å². The molecule has 0 saturated carbocycles. The van der Waals surface area contributed by atoms with Gasteiger partial charge in [0.05, 0.1) is 6.54 Å². The third-order valence-corrected chi connectivity index (χ3v) is 6.04. The number of phenolic OH excluding ortho intramolecular Hbond substituents is 1.